The number of halogens is 1. The molecule has 0 aromatic carbocycles. The van der Waals surface area contributed by atoms with E-state index in [4.69, 9.17) is 10.2 Å². The molecular weight excluding hydrogens is 244 g/mol. The third-order valence-electron chi connectivity index (χ3n) is 2.71. The van der Waals surface area contributed by atoms with E-state index in [0.29, 0.717) is 5.92 Å². The third-order valence-corrected chi connectivity index (χ3v) is 3.14. The lowest BCUT2D eigenvalue weighted by atomic mass is 10.1. The molecule has 78 valence electrons. The smallest absolute Gasteiger partial charge is 0.169 e. The Kier molecular flexibility index (Phi) is 3.26. The van der Waals surface area contributed by atoms with E-state index in [1.54, 1.807) is 0 Å². The first-order valence-electron chi connectivity index (χ1n) is 4.94. The average Bonchev–Trinajstić information content (AvgIpc) is 2.76. The number of hydrogen-bond acceptors (Lipinski definition) is 3. The van der Waals surface area contributed by atoms with Gasteiger partial charge in [0, 0.05) is 6.54 Å². The van der Waals surface area contributed by atoms with Gasteiger partial charge in [-0.1, -0.05) is 0 Å². The van der Waals surface area contributed by atoms with Crippen molar-refractivity contribution < 1.29 is 4.42 Å². The number of rotatable bonds is 3. The van der Waals surface area contributed by atoms with Crippen molar-refractivity contribution in [3.05, 3.63) is 22.6 Å². The molecule has 2 heterocycles. The number of likely N-dealkylation sites (tertiary alicyclic amines) is 1. The average molecular weight is 259 g/mol. The highest BCUT2D eigenvalue weighted by atomic mass is 79.9. The Morgan fingerprint density at radius 3 is 3.00 bits per heavy atom. The molecule has 0 saturated carbocycles. The van der Waals surface area contributed by atoms with Crippen molar-refractivity contribution in [2.45, 2.75) is 13.0 Å². The molecule has 1 atom stereocenters. The van der Waals surface area contributed by atoms with E-state index in [1.165, 1.54) is 6.42 Å². The van der Waals surface area contributed by atoms with Gasteiger partial charge in [-0.3, -0.25) is 4.90 Å². The molecule has 0 radical (unpaired) electrons. The highest BCUT2D eigenvalue weighted by molar-refractivity contribution is 9.10. The molecule has 1 aromatic rings. The molecule has 1 aliphatic rings. The highest BCUT2D eigenvalue weighted by Gasteiger charge is 2.21. The fourth-order valence-corrected chi connectivity index (χ4v) is 2.25. The maximum atomic E-state index is 5.64. The summed E-state index contributed by atoms with van der Waals surface area (Å²) in [5, 5.41) is 0. The Bertz CT molecular complexity index is 300. The maximum absolute atomic E-state index is 5.64. The largest absolute Gasteiger partial charge is 0.453 e. The first-order valence-corrected chi connectivity index (χ1v) is 5.74. The molecule has 4 heteroatoms. The van der Waals surface area contributed by atoms with Crippen molar-refractivity contribution in [1.29, 1.82) is 0 Å². The molecular formula is C10H15BrN2O. The third kappa shape index (κ3) is 2.38. The Morgan fingerprint density at radius 1 is 1.57 bits per heavy atom. The number of nitrogens with zero attached hydrogens (tertiary/aromatic N) is 1. The second-order valence-corrected chi connectivity index (χ2v) is 4.61. The minimum atomic E-state index is 0.674. The number of hydrogen-bond donors (Lipinski definition) is 1. The van der Waals surface area contributed by atoms with Gasteiger partial charge < -0.3 is 10.2 Å². The Labute approximate surface area is 92.4 Å². The van der Waals surface area contributed by atoms with Crippen molar-refractivity contribution in [2.24, 2.45) is 11.7 Å². The van der Waals surface area contributed by atoms with Gasteiger partial charge >= 0.3 is 0 Å². The molecule has 0 amide bonds. The van der Waals surface area contributed by atoms with Gasteiger partial charge in [0.05, 0.1) is 6.54 Å². The van der Waals surface area contributed by atoms with Crippen LogP contribution in [0.2, 0.25) is 0 Å². The van der Waals surface area contributed by atoms with E-state index in [9.17, 15) is 0 Å². The molecule has 2 rings (SSSR count). The summed E-state index contributed by atoms with van der Waals surface area (Å²) in [6.07, 6.45) is 1.22. The Balaban J connectivity index is 1.87. The van der Waals surface area contributed by atoms with Gasteiger partial charge in [0.15, 0.2) is 4.67 Å². The minimum Gasteiger partial charge on any atom is -0.453 e. The number of nitrogens with two attached hydrogens (primary N) is 1. The minimum absolute atomic E-state index is 0.674. The van der Waals surface area contributed by atoms with Gasteiger partial charge in [-0.25, -0.2) is 0 Å². The van der Waals surface area contributed by atoms with Gasteiger partial charge in [-0.15, -0.1) is 0 Å². The van der Waals surface area contributed by atoms with Crippen molar-refractivity contribution >= 4 is 15.9 Å². The molecule has 1 aromatic heterocycles. The van der Waals surface area contributed by atoms with E-state index in [1.807, 2.05) is 12.1 Å². The zero-order chi connectivity index (χ0) is 9.97. The van der Waals surface area contributed by atoms with Crippen molar-refractivity contribution in [1.82, 2.24) is 4.90 Å². The van der Waals surface area contributed by atoms with Crippen LogP contribution in [-0.4, -0.2) is 24.5 Å². The maximum Gasteiger partial charge on any atom is 0.169 e. The summed E-state index contributed by atoms with van der Waals surface area (Å²) in [5.41, 5.74) is 5.64. The summed E-state index contributed by atoms with van der Waals surface area (Å²) in [6.45, 7) is 3.95. The molecule has 1 aliphatic heterocycles. The summed E-state index contributed by atoms with van der Waals surface area (Å²) in [4.78, 5) is 2.39. The fourth-order valence-electron chi connectivity index (χ4n) is 1.91. The fraction of sp³-hybridized carbons (Fsp3) is 0.600. The second kappa shape index (κ2) is 4.47. The molecule has 2 N–H and O–H groups in total. The van der Waals surface area contributed by atoms with Gasteiger partial charge in [0.25, 0.3) is 0 Å². The van der Waals surface area contributed by atoms with Gasteiger partial charge in [-0.05, 0) is 53.5 Å². The van der Waals surface area contributed by atoms with Crippen LogP contribution in [0.5, 0.6) is 0 Å². The van der Waals surface area contributed by atoms with Gasteiger partial charge in [0.2, 0.25) is 0 Å². The van der Waals surface area contributed by atoms with Crippen LogP contribution in [0.25, 0.3) is 0 Å². The van der Waals surface area contributed by atoms with Crippen LogP contribution in [0.1, 0.15) is 12.2 Å². The zero-order valence-corrected chi connectivity index (χ0v) is 9.66. The quantitative estimate of drug-likeness (QED) is 0.900. The van der Waals surface area contributed by atoms with Crippen LogP contribution in [-0.2, 0) is 6.54 Å². The molecule has 1 unspecified atom stereocenters. The predicted molar refractivity (Wildman–Crippen MR) is 58.8 cm³/mol. The zero-order valence-electron chi connectivity index (χ0n) is 8.08. The van der Waals surface area contributed by atoms with E-state index >= 15 is 0 Å². The first kappa shape index (κ1) is 10.2. The summed E-state index contributed by atoms with van der Waals surface area (Å²) in [6, 6.07) is 3.95. The molecule has 3 nitrogen and oxygen atoms in total. The van der Waals surface area contributed by atoms with Crippen LogP contribution >= 0.6 is 15.9 Å². The van der Waals surface area contributed by atoms with Gasteiger partial charge in [-0.2, -0.15) is 0 Å². The van der Waals surface area contributed by atoms with Gasteiger partial charge in [0.1, 0.15) is 5.76 Å². The van der Waals surface area contributed by atoms with Crippen molar-refractivity contribution in [3.8, 4) is 0 Å². The van der Waals surface area contributed by atoms with E-state index in [0.717, 1.165) is 36.6 Å². The summed E-state index contributed by atoms with van der Waals surface area (Å²) in [5.74, 6) is 1.70. The van der Waals surface area contributed by atoms with E-state index in [2.05, 4.69) is 20.8 Å². The summed E-state index contributed by atoms with van der Waals surface area (Å²) < 4.78 is 6.27. The number of furan rings is 1. The Morgan fingerprint density at radius 2 is 2.43 bits per heavy atom. The summed E-state index contributed by atoms with van der Waals surface area (Å²) >= 11 is 3.30. The Hall–Kier alpha value is -0.320. The molecule has 0 bridgehead atoms. The second-order valence-electron chi connectivity index (χ2n) is 3.83. The molecule has 0 aliphatic carbocycles. The topological polar surface area (TPSA) is 42.4 Å². The lowest BCUT2D eigenvalue weighted by Crippen LogP contribution is -2.22. The van der Waals surface area contributed by atoms with Crippen LogP contribution in [0.3, 0.4) is 0 Å². The summed E-state index contributed by atoms with van der Waals surface area (Å²) in [7, 11) is 0. The van der Waals surface area contributed by atoms with Crippen LogP contribution in [0.15, 0.2) is 21.2 Å². The van der Waals surface area contributed by atoms with Crippen molar-refractivity contribution in [3.63, 3.8) is 0 Å². The molecule has 14 heavy (non-hydrogen) atoms. The monoisotopic (exact) mass is 258 g/mol. The SMILES string of the molecule is NCC1CCN(Cc2ccc(Br)o2)C1. The lowest BCUT2D eigenvalue weighted by molar-refractivity contribution is 0.285. The van der Waals surface area contributed by atoms with Crippen molar-refractivity contribution in [2.75, 3.05) is 19.6 Å². The first-order chi connectivity index (χ1) is 6.78. The van der Waals surface area contributed by atoms with E-state index in [-0.39, 0.29) is 0 Å². The van der Waals surface area contributed by atoms with Crippen LogP contribution < -0.4 is 5.73 Å². The lowest BCUT2D eigenvalue weighted by Gasteiger charge is -2.13. The molecule has 1 fully saturated rings. The van der Waals surface area contributed by atoms with E-state index < -0.39 is 0 Å². The van der Waals surface area contributed by atoms with Crippen LogP contribution in [0.4, 0.5) is 0 Å². The molecule has 1 saturated heterocycles. The van der Waals surface area contributed by atoms with Crippen LogP contribution in [0, 0.1) is 5.92 Å². The predicted octanol–water partition coefficient (Wildman–Crippen LogP) is 1.82. The normalized spacial score (nSPS) is 23.1. The molecule has 0 spiro atoms. The highest BCUT2D eigenvalue weighted by Crippen LogP contribution is 2.20. The standard InChI is InChI=1S/C10H15BrN2O/c11-10-2-1-9(14-10)7-13-4-3-8(5-12)6-13/h1-2,8H,3-7,12H2.